The molecule has 0 atom stereocenters. The zero-order chi connectivity index (χ0) is 10.0. The van der Waals surface area contributed by atoms with E-state index in [0.717, 1.165) is 4.47 Å². The van der Waals surface area contributed by atoms with Crippen molar-refractivity contribution in [2.24, 2.45) is 0 Å². The van der Waals surface area contributed by atoms with Crippen molar-refractivity contribution in [3.63, 3.8) is 0 Å². The summed E-state index contributed by atoms with van der Waals surface area (Å²) in [5.41, 5.74) is 0.391. The second-order valence-electron chi connectivity index (χ2n) is 2.49. The van der Waals surface area contributed by atoms with E-state index in [1.54, 1.807) is 18.2 Å². The van der Waals surface area contributed by atoms with Crippen LogP contribution in [0.5, 0.6) is 0 Å². The van der Waals surface area contributed by atoms with Crippen molar-refractivity contribution in [2.75, 3.05) is 0 Å². The molecular formula is C9H6Br2O2. The molecule has 4 heteroatoms. The summed E-state index contributed by atoms with van der Waals surface area (Å²) in [5.74, 6) is -0.938. The highest BCUT2D eigenvalue weighted by Gasteiger charge is 2.15. The van der Waals surface area contributed by atoms with Crippen LogP contribution in [0, 0.1) is 0 Å². The van der Waals surface area contributed by atoms with E-state index >= 15 is 0 Å². The molecule has 0 aliphatic rings. The van der Waals surface area contributed by atoms with Gasteiger partial charge in [-0.15, -0.1) is 0 Å². The molecule has 0 spiro atoms. The molecule has 0 saturated carbocycles. The lowest BCUT2D eigenvalue weighted by atomic mass is 10.1. The van der Waals surface area contributed by atoms with Gasteiger partial charge in [0.1, 0.15) is 0 Å². The van der Waals surface area contributed by atoms with E-state index in [9.17, 15) is 9.59 Å². The molecule has 0 radical (unpaired) electrons. The minimum absolute atomic E-state index is 0.391. The van der Waals surface area contributed by atoms with Crippen molar-refractivity contribution in [1.29, 1.82) is 0 Å². The van der Waals surface area contributed by atoms with Gasteiger partial charge in [-0.05, 0) is 44.0 Å². The summed E-state index contributed by atoms with van der Waals surface area (Å²) in [6, 6.07) is 5.12. The molecule has 68 valence electrons. The molecule has 0 heterocycles. The molecule has 0 unspecified atom stereocenters. The molecule has 0 aromatic heterocycles. The predicted molar refractivity (Wildman–Crippen MR) is 56.9 cm³/mol. The van der Waals surface area contributed by atoms with Gasteiger partial charge in [0.2, 0.25) is 5.78 Å². The first-order valence-corrected chi connectivity index (χ1v) is 5.12. The highest BCUT2D eigenvalue weighted by molar-refractivity contribution is 9.13. The quantitative estimate of drug-likeness (QED) is 0.622. The maximum Gasteiger partial charge on any atom is 0.229 e. The summed E-state index contributed by atoms with van der Waals surface area (Å²) in [7, 11) is 0. The number of rotatable bonds is 2. The molecular weight excluding hydrogens is 300 g/mol. The molecule has 0 saturated heterocycles. The predicted octanol–water partition coefficient (Wildman–Crippen LogP) is 2.98. The Morgan fingerprint density at radius 2 is 1.85 bits per heavy atom. The minimum Gasteiger partial charge on any atom is -0.291 e. The monoisotopic (exact) mass is 304 g/mol. The Labute approximate surface area is 92.6 Å². The number of carbonyl (C=O) groups is 2. The van der Waals surface area contributed by atoms with E-state index < -0.39 is 11.6 Å². The summed E-state index contributed by atoms with van der Waals surface area (Å²) in [6.45, 7) is 1.26. The number of hydrogen-bond acceptors (Lipinski definition) is 2. The van der Waals surface area contributed by atoms with Crippen LogP contribution in [0.15, 0.2) is 27.1 Å². The molecule has 1 aromatic carbocycles. The van der Waals surface area contributed by atoms with E-state index in [2.05, 4.69) is 31.9 Å². The molecule has 0 amide bonds. The lowest BCUT2D eigenvalue weighted by Crippen LogP contribution is -2.10. The van der Waals surface area contributed by atoms with E-state index in [1.807, 2.05) is 0 Å². The summed E-state index contributed by atoms with van der Waals surface area (Å²) < 4.78 is 1.38. The first-order chi connectivity index (χ1) is 6.04. The van der Waals surface area contributed by atoms with Crippen LogP contribution in [-0.4, -0.2) is 11.6 Å². The Bertz CT molecular complexity index is 372. The lowest BCUT2D eigenvalue weighted by molar-refractivity contribution is -0.113. The molecule has 1 rings (SSSR count). The lowest BCUT2D eigenvalue weighted by Gasteiger charge is -2.01. The molecule has 2 nitrogen and oxygen atoms in total. The zero-order valence-corrected chi connectivity index (χ0v) is 9.98. The van der Waals surface area contributed by atoms with Crippen molar-refractivity contribution in [3.05, 3.63) is 32.7 Å². The Morgan fingerprint density at radius 1 is 1.23 bits per heavy atom. The van der Waals surface area contributed by atoms with Crippen molar-refractivity contribution in [3.8, 4) is 0 Å². The third kappa shape index (κ3) is 2.25. The topological polar surface area (TPSA) is 34.1 Å². The summed E-state index contributed by atoms with van der Waals surface area (Å²) in [6.07, 6.45) is 0. The van der Waals surface area contributed by atoms with Crippen LogP contribution in [0.4, 0.5) is 0 Å². The number of benzene rings is 1. The molecule has 0 N–H and O–H groups in total. The van der Waals surface area contributed by atoms with Gasteiger partial charge in [0, 0.05) is 21.4 Å². The number of hydrogen-bond donors (Lipinski definition) is 0. The highest BCUT2D eigenvalue weighted by Crippen LogP contribution is 2.26. The number of carbonyl (C=O) groups excluding carboxylic acids is 2. The number of ketones is 2. The van der Waals surface area contributed by atoms with Gasteiger partial charge in [-0.3, -0.25) is 9.59 Å². The molecule has 0 aliphatic carbocycles. The Kier molecular flexibility index (Phi) is 3.39. The normalized spacial score (nSPS) is 9.77. The van der Waals surface area contributed by atoms with Gasteiger partial charge in [-0.25, -0.2) is 0 Å². The van der Waals surface area contributed by atoms with Crippen molar-refractivity contribution < 1.29 is 9.59 Å². The Hall–Kier alpha value is -0.480. The molecule has 0 fully saturated rings. The average molecular weight is 306 g/mol. The third-order valence-corrected chi connectivity index (χ3v) is 3.56. The van der Waals surface area contributed by atoms with Crippen LogP contribution in [0.2, 0.25) is 0 Å². The van der Waals surface area contributed by atoms with E-state index in [-0.39, 0.29) is 0 Å². The summed E-state index contributed by atoms with van der Waals surface area (Å²) in [5, 5.41) is 0. The maximum atomic E-state index is 11.3. The molecule has 13 heavy (non-hydrogen) atoms. The van der Waals surface area contributed by atoms with Crippen molar-refractivity contribution in [2.45, 2.75) is 6.92 Å². The van der Waals surface area contributed by atoms with Crippen LogP contribution < -0.4 is 0 Å². The average Bonchev–Trinajstić information content (AvgIpc) is 2.08. The van der Waals surface area contributed by atoms with Gasteiger partial charge < -0.3 is 0 Å². The van der Waals surface area contributed by atoms with Crippen molar-refractivity contribution >= 4 is 43.4 Å². The largest absolute Gasteiger partial charge is 0.291 e. The van der Waals surface area contributed by atoms with E-state index in [1.165, 1.54) is 6.92 Å². The second kappa shape index (κ2) is 4.15. The maximum absolute atomic E-state index is 11.3. The molecule has 0 aliphatic heterocycles. The number of halogens is 2. The fourth-order valence-corrected chi connectivity index (χ4v) is 1.68. The molecule has 0 bridgehead atoms. The van der Waals surface area contributed by atoms with Crippen LogP contribution in [-0.2, 0) is 4.79 Å². The molecule has 1 aromatic rings. The van der Waals surface area contributed by atoms with Gasteiger partial charge in [0.05, 0.1) is 0 Å². The van der Waals surface area contributed by atoms with Crippen LogP contribution in [0.3, 0.4) is 0 Å². The van der Waals surface area contributed by atoms with Crippen LogP contribution >= 0.6 is 31.9 Å². The fourth-order valence-electron chi connectivity index (χ4n) is 0.869. The smallest absolute Gasteiger partial charge is 0.229 e. The minimum atomic E-state index is -0.479. The van der Waals surface area contributed by atoms with Crippen LogP contribution in [0.25, 0.3) is 0 Å². The van der Waals surface area contributed by atoms with Gasteiger partial charge >= 0.3 is 0 Å². The Balaban J connectivity index is 3.23. The second-order valence-corrected chi connectivity index (χ2v) is 4.13. The van der Waals surface area contributed by atoms with Gasteiger partial charge in [-0.2, -0.15) is 0 Å². The number of Topliss-reactive ketones (excluding diaryl/α,β-unsaturated/α-hetero) is 2. The van der Waals surface area contributed by atoms with Gasteiger partial charge in [0.15, 0.2) is 5.78 Å². The third-order valence-electron chi connectivity index (χ3n) is 1.52. The van der Waals surface area contributed by atoms with Gasteiger partial charge in [-0.1, -0.05) is 6.07 Å². The van der Waals surface area contributed by atoms with E-state index in [4.69, 9.17) is 0 Å². The first-order valence-electron chi connectivity index (χ1n) is 3.53. The van der Waals surface area contributed by atoms with Gasteiger partial charge in [0.25, 0.3) is 0 Å². The SMILES string of the molecule is CC(=O)C(=O)c1cccc(Br)c1Br. The van der Waals surface area contributed by atoms with Crippen molar-refractivity contribution in [1.82, 2.24) is 0 Å². The standard InChI is InChI=1S/C9H6Br2O2/c1-5(12)9(13)6-3-2-4-7(10)8(6)11/h2-4H,1H3. The fraction of sp³-hybridized carbons (Fsp3) is 0.111. The zero-order valence-electron chi connectivity index (χ0n) is 6.80. The Morgan fingerprint density at radius 3 is 2.38 bits per heavy atom. The van der Waals surface area contributed by atoms with Crippen LogP contribution in [0.1, 0.15) is 17.3 Å². The first kappa shape index (κ1) is 10.6. The summed E-state index contributed by atoms with van der Waals surface area (Å²) in [4.78, 5) is 22.1. The van der Waals surface area contributed by atoms with E-state index in [0.29, 0.717) is 10.0 Å². The summed E-state index contributed by atoms with van der Waals surface area (Å²) >= 11 is 6.48. The highest BCUT2D eigenvalue weighted by atomic mass is 79.9.